The number of aromatic nitrogens is 2. The smallest absolute Gasteiger partial charge is 0.131 e. The summed E-state index contributed by atoms with van der Waals surface area (Å²) in [5.74, 6) is 2.54. The first kappa shape index (κ1) is 15.7. The number of thioether (sulfide) groups is 1. The topological polar surface area (TPSA) is 33.1 Å². The molecule has 1 fully saturated rings. The van der Waals surface area contributed by atoms with Crippen molar-refractivity contribution in [2.24, 2.45) is 7.05 Å². The number of rotatable bonds is 5. The minimum Gasteiger partial charge on any atom is -0.355 e. The van der Waals surface area contributed by atoms with E-state index in [0.717, 1.165) is 30.6 Å². The Morgan fingerprint density at radius 1 is 1.45 bits per heavy atom. The normalized spacial score (nSPS) is 19.9. The van der Waals surface area contributed by atoms with Gasteiger partial charge in [0.05, 0.1) is 5.69 Å². The predicted molar refractivity (Wildman–Crippen MR) is 88.7 cm³/mol. The molecule has 0 spiro atoms. The summed E-state index contributed by atoms with van der Waals surface area (Å²) in [6.45, 7) is 12.0. The van der Waals surface area contributed by atoms with Crippen LogP contribution >= 0.6 is 11.8 Å². The first-order chi connectivity index (χ1) is 9.52. The molecule has 114 valence electrons. The lowest BCUT2D eigenvalue weighted by atomic mass is 10.2. The average molecular weight is 296 g/mol. The molecule has 1 N–H and O–H groups in total. The van der Waals surface area contributed by atoms with Gasteiger partial charge in [-0.25, -0.2) is 0 Å². The van der Waals surface area contributed by atoms with E-state index in [4.69, 9.17) is 0 Å². The van der Waals surface area contributed by atoms with E-state index in [1.807, 2.05) is 0 Å². The Morgan fingerprint density at radius 2 is 2.20 bits per heavy atom. The zero-order chi connectivity index (χ0) is 14.7. The van der Waals surface area contributed by atoms with Crippen molar-refractivity contribution in [1.82, 2.24) is 15.1 Å². The van der Waals surface area contributed by atoms with E-state index in [1.54, 1.807) is 0 Å². The second kappa shape index (κ2) is 6.85. The summed E-state index contributed by atoms with van der Waals surface area (Å²) in [7, 11) is 2.07. The highest BCUT2D eigenvalue weighted by Crippen LogP contribution is 2.29. The molecule has 20 heavy (non-hydrogen) atoms. The molecule has 1 saturated heterocycles. The van der Waals surface area contributed by atoms with Crippen molar-refractivity contribution in [3.8, 4) is 0 Å². The van der Waals surface area contributed by atoms with Crippen molar-refractivity contribution in [1.29, 1.82) is 0 Å². The summed E-state index contributed by atoms with van der Waals surface area (Å²) in [4.78, 5) is 2.53. The van der Waals surface area contributed by atoms with E-state index in [9.17, 15) is 0 Å². The van der Waals surface area contributed by atoms with Crippen LogP contribution in [0.5, 0.6) is 0 Å². The van der Waals surface area contributed by atoms with Gasteiger partial charge in [-0.3, -0.25) is 4.68 Å². The average Bonchev–Trinajstić information content (AvgIpc) is 2.70. The summed E-state index contributed by atoms with van der Waals surface area (Å²) in [5.41, 5.74) is 2.52. The Hall–Kier alpha value is -0.680. The summed E-state index contributed by atoms with van der Waals surface area (Å²) < 4.78 is 2.06. The molecule has 2 rings (SSSR count). The maximum absolute atomic E-state index is 4.64. The summed E-state index contributed by atoms with van der Waals surface area (Å²) in [6, 6.07) is 0.503. The van der Waals surface area contributed by atoms with Gasteiger partial charge >= 0.3 is 0 Å². The van der Waals surface area contributed by atoms with Gasteiger partial charge in [0.25, 0.3) is 0 Å². The molecule has 0 radical (unpaired) electrons. The Balaban J connectivity index is 2.21. The highest BCUT2D eigenvalue weighted by atomic mass is 32.2. The largest absolute Gasteiger partial charge is 0.355 e. The third-order valence-corrected chi connectivity index (χ3v) is 5.27. The molecule has 1 unspecified atom stereocenters. The van der Waals surface area contributed by atoms with Gasteiger partial charge in [-0.1, -0.05) is 20.8 Å². The Bertz CT molecular complexity index is 441. The summed E-state index contributed by atoms with van der Waals surface area (Å²) in [5, 5.41) is 8.93. The number of anilines is 1. The van der Waals surface area contributed by atoms with Crippen molar-refractivity contribution in [3.05, 3.63) is 11.3 Å². The molecule has 0 amide bonds. The van der Waals surface area contributed by atoms with Crippen LogP contribution in [0.4, 0.5) is 5.82 Å². The molecule has 1 aromatic heterocycles. The van der Waals surface area contributed by atoms with Gasteiger partial charge in [-0.15, -0.1) is 0 Å². The lowest BCUT2D eigenvalue weighted by molar-refractivity contribution is 0.585. The molecule has 2 heterocycles. The summed E-state index contributed by atoms with van der Waals surface area (Å²) >= 11 is 2.11. The Kier molecular flexibility index (Phi) is 5.38. The van der Waals surface area contributed by atoms with E-state index in [2.05, 4.69) is 66.5 Å². The molecule has 1 aromatic rings. The maximum Gasteiger partial charge on any atom is 0.131 e. The predicted octanol–water partition coefficient (Wildman–Crippen LogP) is 2.56. The maximum atomic E-state index is 4.64. The molecule has 5 heteroatoms. The van der Waals surface area contributed by atoms with Crippen LogP contribution in [0.1, 0.15) is 38.4 Å². The van der Waals surface area contributed by atoms with Gasteiger partial charge in [0.2, 0.25) is 0 Å². The molecule has 0 aromatic carbocycles. The molecule has 0 saturated carbocycles. The lowest BCUT2D eigenvalue weighted by Gasteiger charge is -2.34. The van der Waals surface area contributed by atoms with Crippen LogP contribution in [-0.2, 0) is 13.6 Å². The van der Waals surface area contributed by atoms with Crippen LogP contribution < -0.4 is 10.2 Å². The van der Waals surface area contributed by atoms with Crippen molar-refractivity contribution >= 4 is 17.6 Å². The molecule has 4 nitrogen and oxygen atoms in total. The van der Waals surface area contributed by atoms with E-state index >= 15 is 0 Å². The van der Waals surface area contributed by atoms with E-state index in [0.29, 0.717) is 6.04 Å². The number of hydrogen-bond acceptors (Lipinski definition) is 4. The van der Waals surface area contributed by atoms with Gasteiger partial charge in [-0.05, 0) is 13.3 Å². The number of nitrogens with zero attached hydrogens (tertiary/aromatic N) is 3. The highest BCUT2D eigenvalue weighted by molar-refractivity contribution is 8.00. The molecular weight excluding hydrogens is 268 g/mol. The van der Waals surface area contributed by atoms with Gasteiger partial charge in [-0.2, -0.15) is 16.9 Å². The number of nitrogens with one attached hydrogen (secondary N) is 1. The molecular formula is C15H28N4S. The second-order valence-corrected chi connectivity index (χ2v) is 7.30. The highest BCUT2D eigenvalue weighted by Gasteiger charge is 2.25. The third kappa shape index (κ3) is 3.50. The van der Waals surface area contributed by atoms with Crippen molar-refractivity contribution in [2.75, 3.05) is 23.7 Å². The van der Waals surface area contributed by atoms with Crippen molar-refractivity contribution < 1.29 is 0 Å². The van der Waals surface area contributed by atoms with Gasteiger partial charge in [0.1, 0.15) is 5.82 Å². The van der Waals surface area contributed by atoms with E-state index in [-0.39, 0.29) is 0 Å². The van der Waals surface area contributed by atoms with E-state index in [1.165, 1.54) is 23.6 Å². The van der Waals surface area contributed by atoms with E-state index < -0.39 is 0 Å². The van der Waals surface area contributed by atoms with Crippen LogP contribution in [0.2, 0.25) is 0 Å². The van der Waals surface area contributed by atoms with Gasteiger partial charge in [0.15, 0.2) is 0 Å². The second-order valence-electron chi connectivity index (χ2n) is 5.89. The molecule has 1 atom stereocenters. The zero-order valence-corrected chi connectivity index (χ0v) is 14.3. The minimum atomic E-state index is 0.503. The fraction of sp³-hybridized carbons (Fsp3) is 0.800. The molecule has 0 aliphatic carbocycles. The van der Waals surface area contributed by atoms with Crippen LogP contribution in [0.3, 0.4) is 0 Å². The molecule has 1 aliphatic rings. The fourth-order valence-corrected chi connectivity index (χ4v) is 3.94. The summed E-state index contributed by atoms with van der Waals surface area (Å²) in [6.07, 6.45) is 1.25. The standard InChI is InChI=1S/C15H28N4S/c1-6-13-10-19(7-8-20-13)15-14(9-16-11(2)3)12(4)17-18(15)5/h11,13,16H,6-10H2,1-5H3. The zero-order valence-electron chi connectivity index (χ0n) is 13.4. The molecule has 0 bridgehead atoms. The third-order valence-electron chi connectivity index (χ3n) is 3.89. The number of aryl methyl sites for hydroxylation is 2. The van der Waals surface area contributed by atoms with Gasteiger partial charge in [0, 0.05) is 49.3 Å². The fourth-order valence-electron chi connectivity index (χ4n) is 2.76. The van der Waals surface area contributed by atoms with Gasteiger partial charge < -0.3 is 10.2 Å². The first-order valence-electron chi connectivity index (χ1n) is 7.65. The van der Waals surface area contributed by atoms with Crippen molar-refractivity contribution in [2.45, 2.75) is 52.0 Å². The van der Waals surface area contributed by atoms with Crippen LogP contribution in [0, 0.1) is 6.92 Å². The Labute approximate surface area is 127 Å². The van der Waals surface area contributed by atoms with Crippen LogP contribution in [0.15, 0.2) is 0 Å². The molecule has 1 aliphatic heterocycles. The lowest BCUT2D eigenvalue weighted by Crippen LogP contribution is -2.39. The Morgan fingerprint density at radius 3 is 2.85 bits per heavy atom. The van der Waals surface area contributed by atoms with Crippen LogP contribution in [-0.4, -0.2) is 39.9 Å². The quantitative estimate of drug-likeness (QED) is 0.905. The number of hydrogen-bond donors (Lipinski definition) is 1. The van der Waals surface area contributed by atoms with Crippen molar-refractivity contribution in [3.63, 3.8) is 0 Å². The SMILES string of the molecule is CCC1CN(c2c(CNC(C)C)c(C)nn2C)CCS1. The first-order valence-corrected chi connectivity index (χ1v) is 8.70. The monoisotopic (exact) mass is 296 g/mol. The minimum absolute atomic E-state index is 0.503. The van der Waals surface area contributed by atoms with Crippen LogP contribution in [0.25, 0.3) is 0 Å².